The molecule has 0 amide bonds. The highest BCUT2D eigenvalue weighted by Crippen LogP contribution is 2.46. The minimum atomic E-state index is 0.118. The first kappa shape index (κ1) is 13.6. The lowest BCUT2D eigenvalue weighted by molar-refractivity contribution is -0.158. The summed E-state index contributed by atoms with van der Waals surface area (Å²) >= 11 is 0. The Labute approximate surface area is 117 Å². The van der Waals surface area contributed by atoms with E-state index in [2.05, 4.69) is 13.8 Å². The van der Waals surface area contributed by atoms with E-state index in [0.29, 0.717) is 23.0 Å². The summed E-state index contributed by atoms with van der Waals surface area (Å²) in [7, 11) is 0. The van der Waals surface area contributed by atoms with Gasteiger partial charge in [-0.15, -0.1) is 0 Å². The van der Waals surface area contributed by atoms with Crippen molar-refractivity contribution >= 4 is 5.78 Å². The number of hydrogen-bond donors (Lipinski definition) is 0. The van der Waals surface area contributed by atoms with Gasteiger partial charge in [0, 0.05) is 18.4 Å². The van der Waals surface area contributed by atoms with Crippen LogP contribution in [0.1, 0.15) is 71.6 Å². The molecule has 1 unspecified atom stereocenters. The van der Waals surface area contributed by atoms with Crippen LogP contribution >= 0.6 is 0 Å². The fourth-order valence-corrected chi connectivity index (χ4v) is 4.21. The highest BCUT2D eigenvalue weighted by Gasteiger charge is 2.45. The third-order valence-corrected chi connectivity index (χ3v) is 5.90. The Hall–Kier alpha value is -0.370. The SMILES string of the molecule is CC1(C)CCC(C(=O)C2CCOC3(CCC3)C2)CC1. The first-order valence-corrected chi connectivity index (χ1v) is 8.18. The molecule has 0 N–H and O–H groups in total. The summed E-state index contributed by atoms with van der Waals surface area (Å²) in [4.78, 5) is 12.7. The van der Waals surface area contributed by atoms with Crippen LogP contribution in [-0.2, 0) is 9.53 Å². The highest BCUT2D eigenvalue weighted by atomic mass is 16.5. The lowest BCUT2D eigenvalue weighted by Gasteiger charge is -2.47. The van der Waals surface area contributed by atoms with Crippen molar-refractivity contribution in [3.63, 3.8) is 0 Å². The van der Waals surface area contributed by atoms with E-state index in [1.807, 2.05) is 0 Å². The normalized spacial score (nSPS) is 33.9. The molecule has 3 rings (SSSR count). The van der Waals surface area contributed by atoms with Gasteiger partial charge in [0.15, 0.2) is 0 Å². The standard InChI is InChI=1S/C17H28O2/c1-16(2)9-4-13(5-10-16)15(18)14-6-11-19-17(12-14)7-3-8-17/h13-14H,3-12H2,1-2H3. The van der Waals surface area contributed by atoms with Gasteiger partial charge in [-0.05, 0) is 63.2 Å². The van der Waals surface area contributed by atoms with Gasteiger partial charge in [0.05, 0.1) is 5.60 Å². The van der Waals surface area contributed by atoms with E-state index in [-0.39, 0.29) is 5.60 Å². The van der Waals surface area contributed by atoms with Crippen molar-refractivity contribution in [2.24, 2.45) is 17.3 Å². The number of carbonyl (C=O) groups excluding carboxylic acids is 1. The van der Waals surface area contributed by atoms with Crippen LogP contribution in [0.15, 0.2) is 0 Å². The fraction of sp³-hybridized carbons (Fsp3) is 0.941. The molecular formula is C17H28O2. The maximum atomic E-state index is 12.7. The van der Waals surface area contributed by atoms with Crippen LogP contribution in [0.25, 0.3) is 0 Å². The van der Waals surface area contributed by atoms with Crippen molar-refractivity contribution < 1.29 is 9.53 Å². The molecule has 2 heteroatoms. The summed E-state index contributed by atoms with van der Waals surface area (Å²) < 4.78 is 5.95. The molecule has 1 aliphatic heterocycles. The second-order valence-electron chi connectivity index (χ2n) is 7.92. The van der Waals surface area contributed by atoms with Crippen molar-refractivity contribution in [1.29, 1.82) is 0 Å². The van der Waals surface area contributed by atoms with Gasteiger partial charge in [-0.1, -0.05) is 13.8 Å². The Morgan fingerprint density at radius 2 is 1.68 bits per heavy atom. The maximum absolute atomic E-state index is 12.7. The molecule has 0 aromatic carbocycles. The third kappa shape index (κ3) is 2.74. The molecule has 3 aliphatic rings. The van der Waals surface area contributed by atoms with Gasteiger partial charge in [-0.2, -0.15) is 0 Å². The average Bonchev–Trinajstić information content (AvgIpc) is 2.36. The van der Waals surface area contributed by atoms with Crippen LogP contribution < -0.4 is 0 Å². The van der Waals surface area contributed by atoms with E-state index in [4.69, 9.17) is 4.74 Å². The molecule has 0 bridgehead atoms. The van der Waals surface area contributed by atoms with Gasteiger partial charge in [0.2, 0.25) is 0 Å². The lowest BCUT2D eigenvalue weighted by atomic mass is 9.66. The van der Waals surface area contributed by atoms with Crippen LogP contribution in [0, 0.1) is 17.3 Å². The number of ketones is 1. The Morgan fingerprint density at radius 1 is 1.00 bits per heavy atom. The van der Waals surface area contributed by atoms with E-state index in [0.717, 1.165) is 32.3 Å². The van der Waals surface area contributed by atoms with Crippen LogP contribution in [0.4, 0.5) is 0 Å². The molecule has 1 saturated heterocycles. The monoisotopic (exact) mass is 264 g/mol. The van der Waals surface area contributed by atoms with Crippen LogP contribution in [-0.4, -0.2) is 18.0 Å². The Kier molecular flexibility index (Phi) is 3.49. The number of hydrogen-bond acceptors (Lipinski definition) is 2. The average molecular weight is 264 g/mol. The quantitative estimate of drug-likeness (QED) is 0.750. The molecule has 0 aromatic heterocycles. The maximum Gasteiger partial charge on any atom is 0.139 e. The van der Waals surface area contributed by atoms with Crippen LogP contribution in [0.5, 0.6) is 0 Å². The van der Waals surface area contributed by atoms with Crippen molar-refractivity contribution in [3.8, 4) is 0 Å². The van der Waals surface area contributed by atoms with Crippen LogP contribution in [0.3, 0.4) is 0 Å². The molecule has 19 heavy (non-hydrogen) atoms. The molecule has 0 aromatic rings. The molecule has 1 atom stereocenters. The third-order valence-electron chi connectivity index (χ3n) is 5.90. The zero-order chi connectivity index (χ0) is 13.5. The summed E-state index contributed by atoms with van der Waals surface area (Å²) in [5, 5.41) is 0. The van der Waals surface area contributed by atoms with E-state index in [1.165, 1.54) is 32.1 Å². The summed E-state index contributed by atoms with van der Waals surface area (Å²) in [5.74, 6) is 1.23. The molecular weight excluding hydrogens is 236 g/mol. The smallest absolute Gasteiger partial charge is 0.139 e. The molecule has 2 saturated carbocycles. The fourth-order valence-electron chi connectivity index (χ4n) is 4.21. The summed E-state index contributed by atoms with van der Waals surface area (Å²) in [6.45, 7) is 5.49. The van der Waals surface area contributed by atoms with Gasteiger partial charge >= 0.3 is 0 Å². The molecule has 1 heterocycles. The molecule has 1 spiro atoms. The first-order valence-electron chi connectivity index (χ1n) is 8.18. The van der Waals surface area contributed by atoms with Gasteiger partial charge in [0.25, 0.3) is 0 Å². The van der Waals surface area contributed by atoms with Crippen molar-refractivity contribution in [2.45, 2.75) is 77.2 Å². The Balaban J connectivity index is 1.58. The Morgan fingerprint density at radius 3 is 2.26 bits per heavy atom. The molecule has 2 nitrogen and oxygen atoms in total. The molecule has 2 aliphatic carbocycles. The van der Waals surface area contributed by atoms with Gasteiger partial charge < -0.3 is 4.74 Å². The number of rotatable bonds is 2. The largest absolute Gasteiger partial charge is 0.375 e. The number of carbonyl (C=O) groups is 1. The van der Waals surface area contributed by atoms with Crippen LogP contribution in [0.2, 0.25) is 0 Å². The second kappa shape index (κ2) is 4.87. The number of ether oxygens (including phenoxy) is 1. The second-order valence-corrected chi connectivity index (χ2v) is 7.92. The van der Waals surface area contributed by atoms with E-state index in [1.54, 1.807) is 0 Å². The van der Waals surface area contributed by atoms with E-state index < -0.39 is 0 Å². The summed E-state index contributed by atoms with van der Waals surface area (Å²) in [6.07, 6.45) is 10.3. The predicted octanol–water partition coefficient (Wildman–Crippen LogP) is 4.12. The molecule has 3 fully saturated rings. The predicted molar refractivity (Wildman–Crippen MR) is 76.0 cm³/mol. The summed E-state index contributed by atoms with van der Waals surface area (Å²) in [5.41, 5.74) is 0.578. The number of Topliss-reactive ketones (excluding diaryl/α,β-unsaturated/α-hetero) is 1. The van der Waals surface area contributed by atoms with Gasteiger partial charge in [-0.3, -0.25) is 4.79 Å². The molecule has 108 valence electrons. The first-order chi connectivity index (χ1) is 9.00. The highest BCUT2D eigenvalue weighted by molar-refractivity contribution is 5.83. The topological polar surface area (TPSA) is 26.3 Å². The minimum Gasteiger partial charge on any atom is -0.375 e. The zero-order valence-electron chi connectivity index (χ0n) is 12.5. The van der Waals surface area contributed by atoms with Gasteiger partial charge in [-0.25, -0.2) is 0 Å². The Bertz CT molecular complexity index is 344. The van der Waals surface area contributed by atoms with E-state index >= 15 is 0 Å². The molecule has 0 radical (unpaired) electrons. The lowest BCUT2D eigenvalue weighted by Crippen LogP contribution is -2.48. The van der Waals surface area contributed by atoms with Crippen molar-refractivity contribution in [1.82, 2.24) is 0 Å². The summed E-state index contributed by atoms with van der Waals surface area (Å²) in [6, 6.07) is 0. The van der Waals surface area contributed by atoms with E-state index in [9.17, 15) is 4.79 Å². The zero-order valence-corrected chi connectivity index (χ0v) is 12.5. The minimum absolute atomic E-state index is 0.118. The van der Waals surface area contributed by atoms with Crippen molar-refractivity contribution in [3.05, 3.63) is 0 Å². The van der Waals surface area contributed by atoms with Gasteiger partial charge in [0.1, 0.15) is 5.78 Å². The van der Waals surface area contributed by atoms with Crippen molar-refractivity contribution in [2.75, 3.05) is 6.61 Å².